The molecule has 78 valence electrons. The molecule has 14 heavy (non-hydrogen) atoms. The number of hydrogen-bond acceptors (Lipinski definition) is 5. The largest absolute Gasteiger partial charge is 0.346 e. The van der Waals surface area contributed by atoms with E-state index in [0.717, 1.165) is 30.6 Å². The molecule has 5 heteroatoms. The zero-order valence-corrected chi connectivity index (χ0v) is 9.42. The summed E-state index contributed by atoms with van der Waals surface area (Å²) in [5.74, 6) is 2.04. The molecule has 0 atom stereocenters. The quantitative estimate of drug-likeness (QED) is 0.814. The molecule has 2 N–H and O–H groups in total. The van der Waals surface area contributed by atoms with Crippen LogP contribution in [0, 0.1) is 5.92 Å². The Morgan fingerprint density at radius 1 is 1.57 bits per heavy atom. The second-order valence-corrected chi connectivity index (χ2v) is 4.83. The van der Waals surface area contributed by atoms with Gasteiger partial charge in [-0.1, -0.05) is 13.8 Å². The van der Waals surface area contributed by atoms with Crippen molar-refractivity contribution in [3.63, 3.8) is 0 Å². The van der Waals surface area contributed by atoms with E-state index < -0.39 is 0 Å². The van der Waals surface area contributed by atoms with Crippen LogP contribution in [-0.2, 0) is 0 Å². The van der Waals surface area contributed by atoms with Gasteiger partial charge in [-0.15, -0.1) is 0 Å². The Bertz CT molecular complexity index is 304. The van der Waals surface area contributed by atoms with Crippen molar-refractivity contribution in [3.05, 3.63) is 5.82 Å². The van der Waals surface area contributed by atoms with Gasteiger partial charge in [0.2, 0.25) is 5.13 Å². The fourth-order valence-corrected chi connectivity index (χ4v) is 2.29. The Balaban J connectivity index is 1.98. The van der Waals surface area contributed by atoms with Crippen LogP contribution in [0.3, 0.4) is 0 Å². The van der Waals surface area contributed by atoms with Crippen LogP contribution in [0.4, 0.5) is 5.13 Å². The lowest BCUT2D eigenvalue weighted by molar-refractivity contribution is 0.419. The number of nitrogens with two attached hydrogens (primary N) is 1. The van der Waals surface area contributed by atoms with Gasteiger partial charge in [0.05, 0.1) is 0 Å². The SMILES string of the molecule is CC(C)c1nsc(N2CC(CN)C2)n1. The van der Waals surface area contributed by atoms with E-state index in [1.165, 1.54) is 11.5 Å². The van der Waals surface area contributed by atoms with Crippen LogP contribution >= 0.6 is 11.5 Å². The second kappa shape index (κ2) is 3.82. The minimum absolute atomic E-state index is 0.423. The van der Waals surface area contributed by atoms with Crippen LogP contribution < -0.4 is 10.6 Å². The summed E-state index contributed by atoms with van der Waals surface area (Å²) in [6.45, 7) is 7.11. The lowest BCUT2D eigenvalue weighted by Crippen LogP contribution is -2.49. The molecule has 0 aromatic carbocycles. The van der Waals surface area contributed by atoms with Crippen molar-refractivity contribution in [1.29, 1.82) is 0 Å². The van der Waals surface area contributed by atoms with E-state index in [-0.39, 0.29) is 0 Å². The highest BCUT2D eigenvalue weighted by molar-refractivity contribution is 7.09. The number of hydrogen-bond donors (Lipinski definition) is 1. The van der Waals surface area contributed by atoms with E-state index in [1.54, 1.807) is 0 Å². The van der Waals surface area contributed by atoms with E-state index in [1.807, 2.05) is 0 Å². The maximum atomic E-state index is 5.57. The van der Waals surface area contributed by atoms with Gasteiger partial charge in [0.1, 0.15) is 5.82 Å². The van der Waals surface area contributed by atoms with Crippen LogP contribution in [0.1, 0.15) is 25.6 Å². The van der Waals surface area contributed by atoms with Gasteiger partial charge >= 0.3 is 0 Å². The third kappa shape index (κ3) is 1.74. The van der Waals surface area contributed by atoms with Crippen LogP contribution in [0.2, 0.25) is 0 Å². The molecular weight excluding hydrogens is 196 g/mol. The Hall–Kier alpha value is -0.680. The van der Waals surface area contributed by atoms with Gasteiger partial charge in [-0.3, -0.25) is 0 Å². The van der Waals surface area contributed by atoms with Crippen LogP contribution in [-0.4, -0.2) is 29.0 Å². The number of nitrogens with zero attached hydrogens (tertiary/aromatic N) is 3. The highest BCUT2D eigenvalue weighted by atomic mass is 32.1. The molecule has 1 aliphatic heterocycles. The van der Waals surface area contributed by atoms with Gasteiger partial charge in [-0.25, -0.2) is 4.98 Å². The number of anilines is 1. The van der Waals surface area contributed by atoms with E-state index in [4.69, 9.17) is 5.73 Å². The first kappa shape index (κ1) is 9.86. The van der Waals surface area contributed by atoms with Gasteiger partial charge in [0.15, 0.2) is 0 Å². The van der Waals surface area contributed by atoms with E-state index >= 15 is 0 Å². The van der Waals surface area contributed by atoms with Crippen molar-refractivity contribution < 1.29 is 0 Å². The first-order valence-electron chi connectivity index (χ1n) is 4.99. The third-order valence-electron chi connectivity index (χ3n) is 2.51. The molecule has 2 rings (SSSR count). The molecule has 0 radical (unpaired) electrons. The zero-order valence-electron chi connectivity index (χ0n) is 8.60. The predicted octanol–water partition coefficient (Wildman–Crippen LogP) is 1.06. The summed E-state index contributed by atoms with van der Waals surface area (Å²) in [4.78, 5) is 6.74. The Morgan fingerprint density at radius 2 is 2.29 bits per heavy atom. The fourth-order valence-electron chi connectivity index (χ4n) is 1.46. The van der Waals surface area contributed by atoms with Crippen molar-refractivity contribution in [1.82, 2.24) is 9.36 Å². The van der Waals surface area contributed by atoms with Crippen molar-refractivity contribution in [2.45, 2.75) is 19.8 Å². The highest BCUT2D eigenvalue weighted by Crippen LogP contribution is 2.27. The summed E-state index contributed by atoms with van der Waals surface area (Å²) < 4.78 is 4.33. The van der Waals surface area contributed by atoms with Crippen LogP contribution in [0.25, 0.3) is 0 Å². The molecule has 0 aliphatic carbocycles. The summed E-state index contributed by atoms with van der Waals surface area (Å²) >= 11 is 1.50. The van der Waals surface area contributed by atoms with Crippen LogP contribution in [0.15, 0.2) is 0 Å². The van der Waals surface area contributed by atoms with Crippen molar-refractivity contribution in [2.75, 3.05) is 24.5 Å². The average Bonchev–Trinajstić information content (AvgIpc) is 2.51. The van der Waals surface area contributed by atoms with Crippen molar-refractivity contribution in [2.24, 2.45) is 11.7 Å². The lowest BCUT2D eigenvalue weighted by atomic mass is 10.0. The van der Waals surface area contributed by atoms with Crippen molar-refractivity contribution in [3.8, 4) is 0 Å². The van der Waals surface area contributed by atoms with Gasteiger partial charge in [-0.2, -0.15) is 4.37 Å². The normalized spacial score (nSPS) is 17.6. The molecule has 4 nitrogen and oxygen atoms in total. The van der Waals surface area contributed by atoms with Gasteiger partial charge in [0.25, 0.3) is 0 Å². The summed E-state index contributed by atoms with van der Waals surface area (Å²) in [5.41, 5.74) is 5.57. The molecule has 1 saturated heterocycles. The Kier molecular flexibility index (Phi) is 2.69. The van der Waals surface area contributed by atoms with Crippen LogP contribution in [0.5, 0.6) is 0 Å². The maximum absolute atomic E-state index is 5.57. The number of rotatable bonds is 3. The maximum Gasteiger partial charge on any atom is 0.205 e. The minimum Gasteiger partial charge on any atom is -0.346 e. The standard InChI is InChI=1S/C9H16N4S/c1-6(2)8-11-9(14-12-8)13-4-7(3-10)5-13/h6-7H,3-5,10H2,1-2H3. The molecule has 1 aliphatic rings. The molecule has 0 saturated carbocycles. The minimum atomic E-state index is 0.423. The topological polar surface area (TPSA) is 55.0 Å². The number of aromatic nitrogens is 2. The van der Waals surface area contributed by atoms with E-state index in [2.05, 4.69) is 28.1 Å². The molecular formula is C9H16N4S. The van der Waals surface area contributed by atoms with Crippen molar-refractivity contribution >= 4 is 16.7 Å². The Labute approximate surface area is 88.3 Å². The first-order valence-corrected chi connectivity index (χ1v) is 5.76. The van der Waals surface area contributed by atoms with E-state index in [9.17, 15) is 0 Å². The highest BCUT2D eigenvalue weighted by Gasteiger charge is 2.28. The smallest absolute Gasteiger partial charge is 0.205 e. The van der Waals surface area contributed by atoms with Gasteiger partial charge in [-0.05, 0) is 6.54 Å². The fraction of sp³-hybridized carbons (Fsp3) is 0.778. The second-order valence-electron chi connectivity index (χ2n) is 4.10. The molecule has 0 bridgehead atoms. The Morgan fingerprint density at radius 3 is 2.79 bits per heavy atom. The molecule has 2 heterocycles. The zero-order chi connectivity index (χ0) is 10.1. The van der Waals surface area contributed by atoms with Gasteiger partial charge in [0, 0.05) is 36.5 Å². The molecule has 1 fully saturated rings. The summed E-state index contributed by atoms with van der Waals surface area (Å²) in [5, 5.41) is 1.05. The third-order valence-corrected chi connectivity index (χ3v) is 3.30. The average molecular weight is 212 g/mol. The van der Waals surface area contributed by atoms with E-state index in [0.29, 0.717) is 11.8 Å². The first-order chi connectivity index (χ1) is 6.70. The molecule has 0 amide bonds. The summed E-state index contributed by atoms with van der Waals surface area (Å²) in [7, 11) is 0. The monoisotopic (exact) mass is 212 g/mol. The predicted molar refractivity (Wildman–Crippen MR) is 58.8 cm³/mol. The summed E-state index contributed by atoms with van der Waals surface area (Å²) in [6, 6.07) is 0. The lowest BCUT2D eigenvalue weighted by Gasteiger charge is -2.38. The molecule has 1 aromatic heterocycles. The molecule has 1 aromatic rings. The molecule has 0 spiro atoms. The van der Waals surface area contributed by atoms with Gasteiger partial charge < -0.3 is 10.6 Å². The molecule has 0 unspecified atom stereocenters. The summed E-state index contributed by atoms with van der Waals surface area (Å²) in [6.07, 6.45) is 0.